The molecule has 0 N–H and O–H groups in total. The minimum Gasteiger partial charge on any atom is -0.381 e. The van der Waals surface area contributed by atoms with Crippen LogP contribution in [0.15, 0.2) is 11.1 Å². The van der Waals surface area contributed by atoms with Gasteiger partial charge in [0.1, 0.15) is 0 Å². The summed E-state index contributed by atoms with van der Waals surface area (Å²) < 4.78 is 5.39. The SMILES string of the molecule is COC1CC(C)=C(C)CC1C. The average molecular weight is 154 g/mol. The lowest BCUT2D eigenvalue weighted by atomic mass is 9.84. The molecule has 0 fully saturated rings. The molecule has 2 atom stereocenters. The van der Waals surface area contributed by atoms with Crippen molar-refractivity contribution in [3.63, 3.8) is 0 Å². The molecule has 0 heterocycles. The molecule has 1 aliphatic carbocycles. The second-order valence-corrected chi connectivity index (χ2v) is 3.72. The Labute approximate surface area is 69.4 Å². The topological polar surface area (TPSA) is 9.23 Å². The van der Waals surface area contributed by atoms with Gasteiger partial charge in [0.15, 0.2) is 0 Å². The zero-order chi connectivity index (χ0) is 8.43. The molecule has 0 aromatic heterocycles. The summed E-state index contributed by atoms with van der Waals surface area (Å²) in [6, 6.07) is 0. The minimum absolute atomic E-state index is 0.457. The molecule has 2 unspecified atom stereocenters. The van der Waals surface area contributed by atoms with E-state index in [1.54, 1.807) is 5.57 Å². The molecule has 1 nitrogen and oxygen atoms in total. The molecule has 0 aromatic rings. The normalized spacial score (nSPS) is 32.7. The largest absolute Gasteiger partial charge is 0.381 e. The highest BCUT2D eigenvalue weighted by molar-refractivity contribution is 5.15. The quantitative estimate of drug-likeness (QED) is 0.528. The molecule has 1 rings (SSSR count). The van der Waals surface area contributed by atoms with Gasteiger partial charge in [0.05, 0.1) is 6.10 Å². The summed E-state index contributed by atoms with van der Waals surface area (Å²) in [6.45, 7) is 6.72. The van der Waals surface area contributed by atoms with Crippen LogP contribution in [0.5, 0.6) is 0 Å². The fourth-order valence-electron chi connectivity index (χ4n) is 1.78. The molecule has 64 valence electrons. The van der Waals surface area contributed by atoms with Crippen LogP contribution >= 0.6 is 0 Å². The first-order valence-electron chi connectivity index (χ1n) is 4.33. The van der Waals surface area contributed by atoms with E-state index in [2.05, 4.69) is 20.8 Å². The molecular weight excluding hydrogens is 136 g/mol. The Morgan fingerprint density at radius 2 is 1.73 bits per heavy atom. The predicted molar refractivity (Wildman–Crippen MR) is 47.6 cm³/mol. The van der Waals surface area contributed by atoms with Crippen LogP contribution in [0.4, 0.5) is 0 Å². The summed E-state index contributed by atoms with van der Waals surface area (Å²) in [5.41, 5.74) is 3.08. The van der Waals surface area contributed by atoms with Crippen molar-refractivity contribution in [3.05, 3.63) is 11.1 Å². The summed E-state index contributed by atoms with van der Waals surface area (Å²) in [6.07, 6.45) is 2.80. The number of allylic oxidation sites excluding steroid dienone is 1. The van der Waals surface area contributed by atoms with Crippen LogP contribution < -0.4 is 0 Å². The van der Waals surface area contributed by atoms with Crippen molar-refractivity contribution in [2.75, 3.05) is 7.11 Å². The molecule has 1 heteroatoms. The lowest BCUT2D eigenvalue weighted by Crippen LogP contribution is -2.25. The highest BCUT2D eigenvalue weighted by Gasteiger charge is 2.22. The number of hydrogen-bond acceptors (Lipinski definition) is 1. The molecular formula is C10H18O. The van der Waals surface area contributed by atoms with E-state index in [0.717, 1.165) is 6.42 Å². The van der Waals surface area contributed by atoms with Crippen LogP contribution in [-0.4, -0.2) is 13.2 Å². The first-order chi connectivity index (χ1) is 5.15. The maximum atomic E-state index is 5.39. The third-order valence-electron chi connectivity index (χ3n) is 2.80. The van der Waals surface area contributed by atoms with E-state index in [9.17, 15) is 0 Å². The van der Waals surface area contributed by atoms with Gasteiger partial charge < -0.3 is 4.74 Å². The minimum atomic E-state index is 0.457. The maximum Gasteiger partial charge on any atom is 0.0636 e. The van der Waals surface area contributed by atoms with E-state index in [0.29, 0.717) is 12.0 Å². The van der Waals surface area contributed by atoms with Gasteiger partial charge in [0, 0.05) is 7.11 Å². The molecule has 0 saturated heterocycles. The zero-order valence-corrected chi connectivity index (χ0v) is 7.98. The zero-order valence-electron chi connectivity index (χ0n) is 7.98. The van der Waals surface area contributed by atoms with Gasteiger partial charge in [-0.2, -0.15) is 0 Å². The molecule has 1 aliphatic rings. The number of rotatable bonds is 1. The number of hydrogen-bond donors (Lipinski definition) is 0. The van der Waals surface area contributed by atoms with Gasteiger partial charge in [-0.05, 0) is 32.6 Å². The van der Waals surface area contributed by atoms with Gasteiger partial charge in [-0.3, -0.25) is 0 Å². The van der Waals surface area contributed by atoms with E-state index in [-0.39, 0.29) is 0 Å². The van der Waals surface area contributed by atoms with E-state index >= 15 is 0 Å². The molecule has 0 radical (unpaired) electrons. The third kappa shape index (κ3) is 1.84. The van der Waals surface area contributed by atoms with Crippen molar-refractivity contribution >= 4 is 0 Å². The Bertz CT molecular complexity index is 170. The van der Waals surface area contributed by atoms with Gasteiger partial charge in [-0.15, -0.1) is 0 Å². The third-order valence-corrected chi connectivity index (χ3v) is 2.80. The van der Waals surface area contributed by atoms with Crippen LogP contribution in [-0.2, 0) is 4.74 Å². The lowest BCUT2D eigenvalue weighted by Gasteiger charge is -2.29. The second-order valence-electron chi connectivity index (χ2n) is 3.72. The van der Waals surface area contributed by atoms with E-state index in [1.165, 1.54) is 12.0 Å². The van der Waals surface area contributed by atoms with Crippen LogP contribution in [0.25, 0.3) is 0 Å². The molecule has 0 amide bonds. The summed E-state index contributed by atoms with van der Waals surface area (Å²) in [5, 5.41) is 0. The predicted octanol–water partition coefficient (Wildman–Crippen LogP) is 2.77. The van der Waals surface area contributed by atoms with Crippen molar-refractivity contribution in [3.8, 4) is 0 Å². The highest BCUT2D eigenvalue weighted by atomic mass is 16.5. The Balaban J connectivity index is 2.67. The fraction of sp³-hybridized carbons (Fsp3) is 0.800. The monoisotopic (exact) mass is 154 g/mol. The first-order valence-corrected chi connectivity index (χ1v) is 4.33. The van der Waals surface area contributed by atoms with Gasteiger partial charge in [0.2, 0.25) is 0 Å². The van der Waals surface area contributed by atoms with E-state index in [4.69, 9.17) is 4.74 Å². The Hall–Kier alpha value is -0.300. The van der Waals surface area contributed by atoms with Crippen LogP contribution in [0.3, 0.4) is 0 Å². The average Bonchev–Trinajstić information content (AvgIpc) is 1.97. The molecule has 0 saturated carbocycles. The van der Waals surface area contributed by atoms with Crippen molar-refractivity contribution < 1.29 is 4.74 Å². The molecule has 0 aliphatic heterocycles. The number of ether oxygens (including phenoxy) is 1. The van der Waals surface area contributed by atoms with Crippen molar-refractivity contribution in [2.24, 2.45) is 5.92 Å². The summed E-state index contributed by atoms with van der Waals surface area (Å²) in [4.78, 5) is 0. The molecule has 0 aromatic carbocycles. The summed E-state index contributed by atoms with van der Waals surface area (Å²) in [5.74, 6) is 0.698. The van der Waals surface area contributed by atoms with Crippen LogP contribution in [0.1, 0.15) is 33.6 Å². The van der Waals surface area contributed by atoms with Crippen molar-refractivity contribution in [1.29, 1.82) is 0 Å². The lowest BCUT2D eigenvalue weighted by molar-refractivity contribution is 0.0533. The standard InChI is InChI=1S/C10H18O/c1-7-5-9(3)10(11-4)6-8(7)2/h9-10H,5-6H2,1-4H3. The molecule has 11 heavy (non-hydrogen) atoms. The maximum absolute atomic E-state index is 5.39. The Kier molecular flexibility index (Phi) is 2.72. The molecule has 0 bridgehead atoms. The van der Waals surface area contributed by atoms with Gasteiger partial charge >= 0.3 is 0 Å². The molecule has 0 spiro atoms. The van der Waals surface area contributed by atoms with E-state index in [1.807, 2.05) is 7.11 Å². The summed E-state index contributed by atoms with van der Waals surface area (Å²) >= 11 is 0. The van der Waals surface area contributed by atoms with Crippen molar-refractivity contribution in [2.45, 2.75) is 39.7 Å². The number of methoxy groups -OCH3 is 1. The Morgan fingerprint density at radius 3 is 2.27 bits per heavy atom. The van der Waals surface area contributed by atoms with Gasteiger partial charge in [0.25, 0.3) is 0 Å². The van der Waals surface area contributed by atoms with Crippen molar-refractivity contribution in [1.82, 2.24) is 0 Å². The van der Waals surface area contributed by atoms with E-state index < -0.39 is 0 Å². The van der Waals surface area contributed by atoms with Gasteiger partial charge in [-0.25, -0.2) is 0 Å². The summed E-state index contributed by atoms with van der Waals surface area (Å²) in [7, 11) is 1.81. The first kappa shape index (κ1) is 8.79. The van der Waals surface area contributed by atoms with Crippen LogP contribution in [0, 0.1) is 5.92 Å². The van der Waals surface area contributed by atoms with Gasteiger partial charge in [-0.1, -0.05) is 18.1 Å². The highest BCUT2D eigenvalue weighted by Crippen LogP contribution is 2.30. The smallest absolute Gasteiger partial charge is 0.0636 e. The second kappa shape index (κ2) is 3.40. The fourth-order valence-corrected chi connectivity index (χ4v) is 1.78. The Morgan fingerprint density at radius 1 is 1.18 bits per heavy atom. The van der Waals surface area contributed by atoms with Crippen LogP contribution in [0.2, 0.25) is 0 Å².